The van der Waals surface area contributed by atoms with Gasteiger partial charge in [-0.05, 0) is 43.3 Å². The molecule has 5 heteroatoms. The molecule has 22 heavy (non-hydrogen) atoms. The topological polar surface area (TPSA) is 56.8 Å². The first kappa shape index (κ1) is 15.7. The maximum Gasteiger partial charge on any atom is 0.265 e. The number of carbonyl (C=O) groups excluding carboxylic acids is 1. The van der Waals surface area contributed by atoms with E-state index in [1.807, 2.05) is 12.1 Å². The first-order valence-corrected chi connectivity index (χ1v) is 6.88. The Bertz CT molecular complexity index is 625. The molecule has 0 spiro atoms. The quantitative estimate of drug-likeness (QED) is 0.890. The van der Waals surface area contributed by atoms with Gasteiger partial charge in [0.2, 0.25) is 0 Å². The molecule has 0 saturated carbocycles. The number of hydrogen-bond acceptors (Lipinski definition) is 4. The van der Waals surface area contributed by atoms with E-state index in [2.05, 4.69) is 5.32 Å². The number of ether oxygens (including phenoxy) is 3. The Balaban J connectivity index is 1.96. The maximum atomic E-state index is 12.1. The van der Waals surface area contributed by atoms with Gasteiger partial charge in [-0.3, -0.25) is 4.79 Å². The van der Waals surface area contributed by atoms with Gasteiger partial charge in [-0.2, -0.15) is 0 Å². The van der Waals surface area contributed by atoms with Crippen molar-refractivity contribution in [2.75, 3.05) is 19.5 Å². The molecule has 1 amide bonds. The minimum absolute atomic E-state index is 0.232. The molecule has 0 aliphatic carbocycles. The highest BCUT2D eigenvalue weighted by Gasteiger charge is 2.15. The smallest absolute Gasteiger partial charge is 0.265 e. The van der Waals surface area contributed by atoms with Crippen molar-refractivity contribution in [3.63, 3.8) is 0 Å². The fraction of sp³-hybridized carbons (Fsp3) is 0.235. The number of methoxy groups -OCH3 is 2. The van der Waals surface area contributed by atoms with Crippen LogP contribution in [0.1, 0.15) is 6.92 Å². The third-order valence-electron chi connectivity index (χ3n) is 3.08. The van der Waals surface area contributed by atoms with Crippen LogP contribution < -0.4 is 19.5 Å². The molecular formula is C17H19NO4. The fourth-order valence-corrected chi connectivity index (χ4v) is 1.86. The lowest BCUT2D eigenvalue weighted by Crippen LogP contribution is -2.30. The van der Waals surface area contributed by atoms with Crippen LogP contribution in [0.5, 0.6) is 17.2 Å². The number of anilines is 1. The summed E-state index contributed by atoms with van der Waals surface area (Å²) in [5.74, 6) is 1.79. The summed E-state index contributed by atoms with van der Waals surface area (Å²) in [7, 11) is 3.18. The minimum atomic E-state index is -0.625. The highest BCUT2D eigenvalue weighted by atomic mass is 16.5. The van der Waals surface area contributed by atoms with E-state index in [9.17, 15) is 4.79 Å². The zero-order chi connectivity index (χ0) is 15.9. The SMILES string of the molecule is COc1ccc(O[C@@H](C)C(=O)Nc2cccc(OC)c2)cc1. The lowest BCUT2D eigenvalue weighted by molar-refractivity contribution is -0.122. The van der Waals surface area contributed by atoms with E-state index in [4.69, 9.17) is 14.2 Å². The molecule has 0 saturated heterocycles. The zero-order valence-corrected chi connectivity index (χ0v) is 12.8. The van der Waals surface area contributed by atoms with E-state index >= 15 is 0 Å². The number of hydrogen-bond donors (Lipinski definition) is 1. The number of benzene rings is 2. The lowest BCUT2D eigenvalue weighted by atomic mass is 10.2. The molecule has 2 aromatic carbocycles. The van der Waals surface area contributed by atoms with Gasteiger partial charge in [0.05, 0.1) is 14.2 Å². The first-order chi connectivity index (χ1) is 10.6. The summed E-state index contributed by atoms with van der Waals surface area (Å²) in [6.07, 6.45) is -0.625. The van der Waals surface area contributed by atoms with Gasteiger partial charge in [0.15, 0.2) is 6.10 Å². The Kier molecular flexibility index (Phi) is 5.25. The average Bonchev–Trinajstić information content (AvgIpc) is 2.55. The second-order valence-electron chi connectivity index (χ2n) is 4.66. The van der Waals surface area contributed by atoms with E-state index in [1.165, 1.54) is 0 Å². The molecule has 0 radical (unpaired) electrons. The zero-order valence-electron chi connectivity index (χ0n) is 12.8. The lowest BCUT2D eigenvalue weighted by Gasteiger charge is -2.15. The maximum absolute atomic E-state index is 12.1. The van der Waals surface area contributed by atoms with Gasteiger partial charge in [0, 0.05) is 11.8 Å². The molecule has 0 heterocycles. The summed E-state index contributed by atoms with van der Waals surface area (Å²) in [6, 6.07) is 14.2. The Morgan fingerprint density at radius 3 is 2.23 bits per heavy atom. The van der Waals surface area contributed by atoms with E-state index in [-0.39, 0.29) is 5.91 Å². The molecule has 116 valence electrons. The predicted octanol–water partition coefficient (Wildman–Crippen LogP) is 3.11. The predicted molar refractivity (Wildman–Crippen MR) is 84.7 cm³/mol. The molecule has 0 aliphatic heterocycles. The van der Waals surface area contributed by atoms with Crippen molar-refractivity contribution >= 4 is 11.6 Å². The molecule has 1 N–H and O–H groups in total. The third kappa shape index (κ3) is 4.15. The molecule has 5 nitrogen and oxygen atoms in total. The van der Waals surface area contributed by atoms with Crippen LogP contribution in [-0.4, -0.2) is 26.2 Å². The highest BCUT2D eigenvalue weighted by Crippen LogP contribution is 2.20. The van der Waals surface area contributed by atoms with Crippen LogP contribution in [0, 0.1) is 0 Å². The summed E-state index contributed by atoms with van der Waals surface area (Å²) < 4.78 is 15.8. The van der Waals surface area contributed by atoms with Gasteiger partial charge in [-0.25, -0.2) is 0 Å². The molecular weight excluding hydrogens is 282 g/mol. The summed E-state index contributed by atoms with van der Waals surface area (Å²) in [6.45, 7) is 1.69. The monoisotopic (exact) mass is 301 g/mol. The van der Waals surface area contributed by atoms with Crippen molar-refractivity contribution < 1.29 is 19.0 Å². The Morgan fingerprint density at radius 2 is 1.59 bits per heavy atom. The van der Waals surface area contributed by atoms with E-state index in [1.54, 1.807) is 57.5 Å². The van der Waals surface area contributed by atoms with E-state index in [0.29, 0.717) is 17.2 Å². The van der Waals surface area contributed by atoms with E-state index < -0.39 is 6.10 Å². The highest BCUT2D eigenvalue weighted by molar-refractivity contribution is 5.94. The van der Waals surface area contributed by atoms with Crippen molar-refractivity contribution in [3.05, 3.63) is 48.5 Å². The second kappa shape index (κ2) is 7.36. The van der Waals surface area contributed by atoms with Crippen LogP contribution >= 0.6 is 0 Å². The van der Waals surface area contributed by atoms with Crippen LogP contribution in [0.3, 0.4) is 0 Å². The van der Waals surface area contributed by atoms with Gasteiger partial charge in [-0.1, -0.05) is 6.07 Å². The summed E-state index contributed by atoms with van der Waals surface area (Å²) in [5, 5.41) is 2.79. The first-order valence-electron chi connectivity index (χ1n) is 6.88. The van der Waals surface area contributed by atoms with Crippen LogP contribution in [0.25, 0.3) is 0 Å². The molecule has 0 unspecified atom stereocenters. The van der Waals surface area contributed by atoms with Crippen molar-refractivity contribution in [3.8, 4) is 17.2 Å². The van der Waals surface area contributed by atoms with Gasteiger partial charge in [0.25, 0.3) is 5.91 Å². The number of amides is 1. The number of carbonyl (C=O) groups is 1. The van der Waals surface area contributed by atoms with Crippen LogP contribution in [0.2, 0.25) is 0 Å². The molecule has 2 rings (SSSR count). The average molecular weight is 301 g/mol. The van der Waals surface area contributed by atoms with Crippen LogP contribution in [-0.2, 0) is 4.79 Å². The Hall–Kier alpha value is -2.69. The molecule has 0 bridgehead atoms. The minimum Gasteiger partial charge on any atom is -0.497 e. The molecule has 0 aliphatic rings. The Labute approximate surface area is 129 Å². The van der Waals surface area contributed by atoms with Gasteiger partial charge in [0.1, 0.15) is 17.2 Å². The second-order valence-corrected chi connectivity index (χ2v) is 4.66. The summed E-state index contributed by atoms with van der Waals surface area (Å²) >= 11 is 0. The van der Waals surface area contributed by atoms with Crippen LogP contribution in [0.4, 0.5) is 5.69 Å². The van der Waals surface area contributed by atoms with Gasteiger partial charge >= 0.3 is 0 Å². The Morgan fingerprint density at radius 1 is 0.955 bits per heavy atom. The van der Waals surface area contributed by atoms with Crippen LogP contribution in [0.15, 0.2) is 48.5 Å². The summed E-state index contributed by atoms with van der Waals surface area (Å²) in [5.41, 5.74) is 0.662. The number of rotatable bonds is 6. The fourth-order valence-electron chi connectivity index (χ4n) is 1.86. The molecule has 0 fully saturated rings. The third-order valence-corrected chi connectivity index (χ3v) is 3.08. The van der Waals surface area contributed by atoms with Crippen molar-refractivity contribution in [1.82, 2.24) is 0 Å². The van der Waals surface area contributed by atoms with Crippen molar-refractivity contribution in [1.29, 1.82) is 0 Å². The molecule has 2 aromatic rings. The van der Waals surface area contributed by atoms with E-state index in [0.717, 1.165) is 5.75 Å². The standard InChI is InChI=1S/C17H19NO4/c1-12(22-15-9-7-14(20-2)8-10-15)17(19)18-13-5-4-6-16(11-13)21-3/h4-12H,1-3H3,(H,18,19)/t12-/m0/s1. The van der Waals surface area contributed by atoms with Crippen molar-refractivity contribution in [2.45, 2.75) is 13.0 Å². The van der Waals surface area contributed by atoms with Gasteiger partial charge < -0.3 is 19.5 Å². The number of nitrogens with one attached hydrogen (secondary N) is 1. The largest absolute Gasteiger partial charge is 0.497 e. The summed E-state index contributed by atoms with van der Waals surface area (Å²) in [4.78, 5) is 12.1. The molecule has 1 atom stereocenters. The van der Waals surface area contributed by atoms with Gasteiger partial charge in [-0.15, -0.1) is 0 Å². The van der Waals surface area contributed by atoms with Crippen molar-refractivity contribution in [2.24, 2.45) is 0 Å². The normalized spacial score (nSPS) is 11.4. The molecule has 0 aromatic heterocycles.